The molecule has 3 aromatic rings. The molecule has 1 aliphatic rings. The molecule has 8 heteroatoms. The number of nitrogens with one attached hydrogen (secondary N) is 1. The third kappa shape index (κ3) is 3.47. The molecule has 1 N–H and O–H groups in total. The number of nitrogens with zero attached hydrogens (tertiary/aromatic N) is 4. The number of imidazole rings is 1. The van der Waals surface area contributed by atoms with Crippen LogP contribution >= 0.6 is 23.2 Å². The van der Waals surface area contributed by atoms with Gasteiger partial charge in [-0.1, -0.05) is 29.3 Å². The van der Waals surface area contributed by atoms with E-state index in [1.165, 1.54) is 4.68 Å². The van der Waals surface area contributed by atoms with Crippen LogP contribution in [0.1, 0.15) is 23.5 Å². The zero-order valence-electron chi connectivity index (χ0n) is 15.0. The Hall–Kier alpha value is -2.31. The maximum Gasteiger partial charge on any atom is 0.292 e. The Morgan fingerprint density at radius 1 is 1.26 bits per heavy atom. The van der Waals surface area contributed by atoms with Gasteiger partial charge in [-0.3, -0.25) is 4.79 Å². The molecule has 4 rings (SSSR count). The number of hydrogen-bond donors (Lipinski definition) is 1. The SMILES string of the molecule is Cc1cn2c(n1)CCC(Nc1cnn(-c3ccc(C)c(Cl)c3)c(=O)c1Cl)C2. The molecule has 0 aliphatic carbocycles. The van der Waals surface area contributed by atoms with Crippen molar-refractivity contribution in [1.82, 2.24) is 19.3 Å². The van der Waals surface area contributed by atoms with Crippen molar-refractivity contribution in [2.45, 2.75) is 39.3 Å². The molecule has 1 atom stereocenters. The van der Waals surface area contributed by atoms with E-state index < -0.39 is 0 Å². The summed E-state index contributed by atoms with van der Waals surface area (Å²) >= 11 is 12.5. The van der Waals surface area contributed by atoms with E-state index in [9.17, 15) is 4.79 Å². The fraction of sp³-hybridized carbons (Fsp3) is 0.316. The topological polar surface area (TPSA) is 64.7 Å². The molecule has 0 saturated carbocycles. The van der Waals surface area contributed by atoms with Crippen LogP contribution in [0.3, 0.4) is 0 Å². The van der Waals surface area contributed by atoms with Crippen LogP contribution in [0.4, 0.5) is 5.69 Å². The van der Waals surface area contributed by atoms with E-state index in [4.69, 9.17) is 23.2 Å². The predicted molar refractivity (Wildman–Crippen MR) is 107 cm³/mol. The summed E-state index contributed by atoms with van der Waals surface area (Å²) in [6.45, 7) is 4.67. The lowest BCUT2D eigenvalue weighted by Crippen LogP contribution is -2.32. The molecule has 0 radical (unpaired) electrons. The molecule has 0 saturated heterocycles. The molecule has 27 heavy (non-hydrogen) atoms. The second-order valence-corrected chi connectivity index (χ2v) is 7.64. The highest BCUT2D eigenvalue weighted by Crippen LogP contribution is 2.23. The van der Waals surface area contributed by atoms with Crippen molar-refractivity contribution in [1.29, 1.82) is 0 Å². The molecule has 0 amide bonds. The first-order valence-electron chi connectivity index (χ1n) is 8.76. The minimum Gasteiger partial charge on any atom is -0.378 e. The van der Waals surface area contributed by atoms with Crippen molar-refractivity contribution >= 4 is 28.9 Å². The molecule has 1 aromatic carbocycles. The van der Waals surface area contributed by atoms with E-state index in [-0.39, 0.29) is 16.6 Å². The third-order valence-electron chi connectivity index (χ3n) is 4.79. The van der Waals surface area contributed by atoms with Gasteiger partial charge < -0.3 is 9.88 Å². The smallest absolute Gasteiger partial charge is 0.292 e. The molecule has 0 spiro atoms. The summed E-state index contributed by atoms with van der Waals surface area (Å²) < 4.78 is 3.41. The van der Waals surface area contributed by atoms with Crippen LogP contribution in [0.2, 0.25) is 10.0 Å². The molecule has 6 nitrogen and oxygen atoms in total. The molecular formula is C19H19Cl2N5O. The van der Waals surface area contributed by atoms with E-state index in [2.05, 4.69) is 20.0 Å². The van der Waals surface area contributed by atoms with Crippen molar-refractivity contribution < 1.29 is 0 Å². The van der Waals surface area contributed by atoms with Gasteiger partial charge in [0.2, 0.25) is 0 Å². The van der Waals surface area contributed by atoms with Gasteiger partial charge in [-0.2, -0.15) is 9.78 Å². The predicted octanol–water partition coefficient (Wildman–Crippen LogP) is 3.78. The van der Waals surface area contributed by atoms with E-state index in [1.54, 1.807) is 18.3 Å². The van der Waals surface area contributed by atoms with Crippen molar-refractivity contribution in [2.75, 3.05) is 5.32 Å². The number of fused-ring (bicyclic) bond motifs is 1. The fourth-order valence-corrected chi connectivity index (χ4v) is 3.71. The maximum atomic E-state index is 12.7. The standard InChI is InChI=1S/C19H19Cl2N5O/c1-11-3-5-14(7-15(11)20)26-19(27)18(21)16(8-22-26)24-13-4-6-17-23-12(2)9-25(17)10-13/h3,5,7-9,13,24H,4,6,10H2,1-2H3. The number of halogens is 2. The first-order chi connectivity index (χ1) is 12.9. The number of benzene rings is 1. The lowest BCUT2D eigenvalue weighted by molar-refractivity contribution is 0.476. The van der Waals surface area contributed by atoms with Gasteiger partial charge in [0.1, 0.15) is 10.8 Å². The fourth-order valence-electron chi connectivity index (χ4n) is 3.35. The number of aryl methyl sites for hydroxylation is 3. The number of rotatable bonds is 3. The molecule has 0 fully saturated rings. The van der Waals surface area contributed by atoms with Gasteiger partial charge in [-0.15, -0.1) is 0 Å². The minimum atomic E-state index is -0.378. The molecule has 0 bridgehead atoms. The number of hydrogen-bond acceptors (Lipinski definition) is 4. The monoisotopic (exact) mass is 403 g/mol. The Kier molecular flexibility index (Phi) is 4.70. The first-order valence-corrected chi connectivity index (χ1v) is 9.51. The Labute approximate surface area is 166 Å². The highest BCUT2D eigenvalue weighted by molar-refractivity contribution is 6.33. The van der Waals surface area contributed by atoms with Crippen LogP contribution in [0.5, 0.6) is 0 Å². The first kappa shape index (κ1) is 18.1. The second kappa shape index (κ2) is 7.02. The average Bonchev–Trinajstić information content (AvgIpc) is 3.01. The van der Waals surface area contributed by atoms with E-state index >= 15 is 0 Å². The Balaban J connectivity index is 1.59. The lowest BCUT2D eigenvalue weighted by atomic mass is 10.1. The van der Waals surface area contributed by atoms with Crippen molar-refractivity contribution in [2.24, 2.45) is 0 Å². The summed E-state index contributed by atoms with van der Waals surface area (Å²) in [7, 11) is 0. The Morgan fingerprint density at radius 2 is 2.07 bits per heavy atom. The maximum absolute atomic E-state index is 12.7. The normalized spacial score (nSPS) is 16.2. The zero-order valence-corrected chi connectivity index (χ0v) is 16.6. The van der Waals surface area contributed by atoms with Crippen molar-refractivity contribution in [3.63, 3.8) is 0 Å². The van der Waals surface area contributed by atoms with Crippen LogP contribution in [-0.2, 0) is 13.0 Å². The second-order valence-electron chi connectivity index (χ2n) is 6.85. The van der Waals surface area contributed by atoms with Crippen molar-refractivity contribution in [3.8, 4) is 5.69 Å². The van der Waals surface area contributed by atoms with Crippen LogP contribution < -0.4 is 10.9 Å². The summed E-state index contributed by atoms with van der Waals surface area (Å²) in [6.07, 6.45) is 5.44. The Bertz CT molecular complexity index is 1070. The van der Waals surface area contributed by atoms with Crippen LogP contribution in [0.25, 0.3) is 5.69 Å². The quantitative estimate of drug-likeness (QED) is 0.722. The molecule has 3 heterocycles. The van der Waals surface area contributed by atoms with Crippen LogP contribution in [0.15, 0.2) is 35.4 Å². The van der Waals surface area contributed by atoms with Crippen molar-refractivity contribution in [3.05, 3.63) is 68.1 Å². The van der Waals surface area contributed by atoms with Gasteiger partial charge in [0.25, 0.3) is 5.56 Å². The molecule has 1 aliphatic heterocycles. The Morgan fingerprint density at radius 3 is 2.85 bits per heavy atom. The molecule has 2 aromatic heterocycles. The van der Waals surface area contributed by atoms with E-state index in [0.717, 1.165) is 36.5 Å². The number of aromatic nitrogens is 4. The summed E-state index contributed by atoms with van der Waals surface area (Å²) in [4.78, 5) is 17.2. The van der Waals surface area contributed by atoms with Gasteiger partial charge >= 0.3 is 0 Å². The summed E-state index contributed by atoms with van der Waals surface area (Å²) in [5, 5.41) is 8.33. The highest BCUT2D eigenvalue weighted by Gasteiger charge is 2.21. The summed E-state index contributed by atoms with van der Waals surface area (Å²) in [6, 6.07) is 5.51. The van der Waals surface area contributed by atoms with E-state index in [1.807, 2.05) is 26.1 Å². The largest absolute Gasteiger partial charge is 0.378 e. The average molecular weight is 404 g/mol. The third-order valence-corrected chi connectivity index (χ3v) is 5.56. The van der Waals surface area contributed by atoms with Gasteiger partial charge in [0, 0.05) is 30.2 Å². The van der Waals surface area contributed by atoms with Gasteiger partial charge in [0.05, 0.1) is 23.3 Å². The molecule has 1 unspecified atom stereocenters. The van der Waals surface area contributed by atoms with E-state index in [0.29, 0.717) is 16.4 Å². The highest BCUT2D eigenvalue weighted by atomic mass is 35.5. The summed E-state index contributed by atoms with van der Waals surface area (Å²) in [5.41, 5.74) is 2.70. The summed E-state index contributed by atoms with van der Waals surface area (Å²) in [5.74, 6) is 1.10. The van der Waals surface area contributed by atoms with Gasteiger partial charge in [-0.05, 0) is 38.0 Å². The van der Waals surface area contributed by atoms with Crippen LogP contribution in [0, 0.1) is 13.8 Å². The van der Waals surface area contributed by atoms with Crippen LogP contribution in [-0.4, -0.2) is 25.4 Å². The van der Waals surface area contributed by atoms with Gasteiger partial charge in [0.15, 0.2) is 0 Å². The number of anilines is 1. The lowest BCUT2D eigenvalue weighted by Gasteiger charge is -2.25. The van der Waals surface area contributed by atoms with Gasteiger partial charge in [-0.25, -0.2) is 4.98 Å². The molecule has 140 valence electrons. The molecular weight excluding hydrogens is 385 g/mol. The zero-order chi connectivity index (χ0) is 19.1. The minimum absolute atomic E-state index is 0.120.